The highest BCUT2D eigenvalue weighted by molar-refractivity contribution is 5.71. The van der Waals surface area contributed by atoms with Crippen LogP contribution in [-0.2, 0) is 6.54 Å². The summed E-state index contributed by atoms with van der Waals surface area (Å²) in [7, 11) is 0. The predicted octanol–water partition coefficient (Wildman–Crippen LogP) is 2.05. The average molecular weight is 230 g/mol. The number of hydrogen-bond acceptors (Lipinski definition) is 3. The zero-order valence-electron chi connectivity index (χ0n) is 10.1. The van der Waals surface area contributed by atoms with Crippen LogP contribution in [0.1, 0.15) is 37.9 Å². The van der Waals surface area contributed by atoms with Gasteiger partial charge in [-0.1, -0.05) is 6.42 Å². The summed E-state index contributed by atoms with van der Waals surface area (Å²) in [5.41, 5.74) is 8.16. The summed E-state index contributed by atoms with van der Waals surface area (Å²) >= 11 is 0. The van der Waals surface area contributed by atoms with Crippen LogP contribution < -0.4 is 5.73 Å². The molecule has 1 fully saturated rings. The first-order valence-electron chi connectivity index (χ1n) is 6.38. The van der Waals surface area contributed by atoms with E-state index in [1.165, 1.54) is 6.42 Å². The van der Waals surface area contributed by atoms with Crippen LogP contribution in [0.15, 0.2) is 18.3 Å². The summed E-state index contributed by atoms with van der Waals surface area (Å²) in [4.78, 5) is 9.17. The van der Waals surface area contributed by atoms with Gasteiger partial charge in [0.2, 0.25) is 0 Å². The molecule has 3 rings (SSSR count). The van der Waals surface area contributed by atoms with Crippen LogP contribution in [-0.4, -0.2) is 20.6 Å². The smallest absolute Gasteiger partial charge is 0.159 e. The zero-order valence-corrected chi connectivity index (χ0v) is 10.1. The molecule has 2 atom stereocenters. The first-order chi connectivity index (χ1) is 8.31. The molecule has 2 N–H and O–H groups in total. The van der Waals surface area contributed by atoms with E-state index in [1.54, 1.807) is 0 Å². The molecule has 0 bridgehead atoms. The molecule has 17 heavy (non-hydrogen) atoms. The standard InChI is InChI=1S/C13H18N4/c1-2-17-12(9-5-3-6-10(9)14)16-11-7-4-8-15-13(11)17/h4,7-10H,2-3,5-6,14H2,1H3. The lowest BCUT2D eigenvalue weighted by atomic mass is 10.0. The lowest BCUT2D eigenvalue weighted by Crippen LogP contribution is -2.25. The maximum Gasteiger partial charge on any atom is 0.159 e. The van der Waals surface area contributed by atoms with Crippen LogP contribution in [0.25, 0.3) is 11.2 Å². The lowest BCUT2D eigenvalue weighted by molar-refractivity contribution is 0.549. The van der Waals surface area contributed by atoms with Gasteiger partial charge in [-0.25, -0.2) is 9.97 Å². The topological polar surface area (TPSA) is 56.7 Å². The molecular weight excluding hydrogens is 212 g/mol. The van der Waals surface area contributed by atoms with Gasteiger partial charge >= 0.3 is 0 Å². The molecule has 1 aliphatic carbocycles. The Kier molecular flexibility index (Phi) is 2.59. The number of hydrogen-bond donors (Lipinski definition) is 1. The second-order valence-corrected chi connectivity index (χ2v) is 4.76. The van der Waals surface area contributed by atoms with Crippen molar-refractivity contribution in [3.8, 4) is 0 Å². The summed E-state index contributed by atoms with van der Waals surface area (Å²) in [6, 6.07) is 4.23. The Morgan fingerprint density at radius 1 is 1.47 bits per heavy atom. The highest BCUT2D eigenvalue weighted by Crippen LogP contribution is 2.34. The van der Waals surface area contributed by atoms with Crippen molar-refractivity contribution in [3.05, 3.63) is 24.2 Å². The Morgan fingerprint density at radius 2 is 2.35 bits per heavy atom. The van der Waals surface area contributed by atoms with Crippen LogP contribution in [0.5, 0.6) is 0 Å². The molecular formula is C13H18N4. The minimum Gasteiger partial charge on any atom is -0.327 e. The van der Waals surface area contributed by atoms with Crippen molar-refractivity contribution in [1.82, 2.24) is 14.5 Å². The Hall–Kier alpha value is -1.42. The predicted molar refractivity (Wildman–Crippen MR) is 67.8 cm³/mol. The van der Waals surface area contributed by atoms with Crippen molar-refractivity contribution in [2.24, 2.45) is 5.73 Å². The van der Waals surface area contributed by atoms with Crippen molar-refractivity contribution in [1.29, 1.82) is 0 Å². The van der Waals surface area contributed by atoms with Gasteiger partial charge in [0.05, 0.1) is 0 Å². The van der Waals surface area contributed by atoms with Gasteiger partial charge < -0.3 is 10.3 Å². The third-order valence-electron chi connectivity index (χ3n) is 3.75. The molecule has 2 aromatic heterocycles. The Morgan fingerprint density at radius 3 is 3.06 bits per heavy atom. The van der Waals surface area contributed by atoms with E-state index in [1.807, 2.05) is 18.3 Å². The summed E-state index contributed by atoms with van der Waals surface area (Å²) < 4.78 is 2.21. The van der Waals surface area contributed by atoms with Crippen LogP contribution in [0, 0.1) is 0 Å². The number of fused-ring (bicyclic) bond motifs is 1. The maximum absolute atomic E-state index is 6.18. The number of aryl methyl sites for hydroxylation is 1. The van der Waals surface area contributed by atoms with Gasteiger partial charge in [0.1, 0.15) is 11.3 Å². The van der Waals surface area contributed by atoms with E-state index < -0.39 is 0 Å². The highest BCUT2D eigenvalue weighted by atomic mass is 15.1. The molecule has 0 aliphatic heterocycles. The summed E-state index contributed by atoms with van der Waals surface area (Å²) in [5.74, 6) is 1.54. The second kappa shape index (κ2) is 4.11. The largest absolute Gasteiger partial charge is 0.327 e. The normalized spacial score (nSPS) is 24.6. The first-order valence-corrected chi connectivity index (χ1v) is 6.38. The van der Waals surface area contributed by atoms with Crippen LogP contribution in [0.3, 0.4) is 0 Å². The third-order valence-corrected chi connectivity index (χ3v) is 3.75. The van der Waals surface area contributed by atoms with Crippen molar-refractivity contribution in [3.63, 3.8) is 0 Å². The second-order valence-electron chi connectivity index (χ2n) is 4.76. The maximum atomic E-state index is 6.18. The summed E-state index contributed by atoms with van der Waals surface area (Å²) in [6.45, 7) is 3.05. The Labute approximate surface area is 101 Å². The molecule has 0 spiro atoms. The molecule has 2 unspecified atom stereocenters. The van der Waals surface area contributed by atoms with Crippen LogP contribution in [0.4, 0.5) is 0 Å². The van der Waals surface area contributed by atoms with E-state index in [-0.39, 0.29) is 6.04 Å². The van der Waals surface area contributed by atoms with Gasteiger partial charge in [0.25, 0.3) is 0 Å². The number of aromatic nitrogens is 3. The van der Waals surface area contributed by atoms with Crippen LogP contribution >= 0.6 is 0 Å². The van der Waals surface area contributed by atoms with E-state index in [0.717, 1.165) is 36.4 Å². The fourth-order valence-corrected chi connectivity index (χ4v) is 2.88. The van der Waals surface area contributed by atoms with Crippen molar-refractivity contribution in [2.45, 2.75) is 44.7 Å². The van der Waals surface area contributed by atoms with E-state index >= 15 is 0 Å². The van der Waals surface area contributed by atoms with Crippen LogP contribution in [0.2, 0.25) is 0 Å². The van der Waals surface area contributed by atoms with Gasteiger partial charge in [0.15, 0.2) is 5.65 Å². The molecule has 2 heterocycles. The molecule has 0 radical (unpaired) electrons. The van der Waals surface area contributed by atoms with Gasteiger partial charge in [-0.2, -0.15) is 0 Å². The lowest BCUT2D eigenvalue weighted by Gasteiger charge is -2.15. The zero-order chi connectivity index (χ0) is 11.8. The highest BCUT2D eigenvalue weighted by Gasteiger charge is 2.29. The fraction of sp³-hybridized carbons (Fsp3) is 0.538. The fourth-order valence-electron chi connectivity index (χ4n) is 2.88. The molecule has 90 valence electrons. The molecule has 0 saturated heterocycles. The van der Waals surface area contributed by atoms with E-state index in [2.05, 4.69) is 16.5 Å². The summed E-state index contributed by atoms with van der Waals surface area (Å²) in [5, 5.41) is 0. The van der Waals surface area contributed by atoms with Crippen molar-refractivity contribution >= 4 is 11.2 Å². The molecule has 2 aromatic rings. The monoisotopic (exact) mass is 230 g/mol. The number of pyridine rings is 1. The molecule has 1 saturated carbocycles. The Bertz CT molecular complexity index is 531. The number of rotatable bonds is 2. The van der Waals surface area contributed by atoms with Gasteiger partial charge in [0, 0.05) is 24.7 Å². The van der Waals surface area contributed by atoms with Gasteiger partial charge in [-0.3, -0.25) is 0 Å². The number of nitrogens with zero attached hydrogens (tertiary/aromatic N) is 3. The summed E-state index contributed by atoms with van der Waals surface area (Å²) in [6.07, 6.45) is 5.32. The molecule has 4 nitrogen and oxygen atoms in total. The van der Waals surface area contributed by atoms with E-state index in [4.69, 9.17) is 10.7 Å². The molecule has 1 aliphatic rings. The number of nitrogens with two attached hydrogens (primary N) is 1. The minimum atomic E-state index is 0.261. The SMILES string of the molecule is CCn1c(C2CCCC2N)nc2cccnc21. The Balaban J connectivity index is 2.15. The van der Waals surface area contributed by atoms with Gasteiger partial charge in [-0.15, -0.1) is 0 Å². The van der Waals surface area contributed by atoms with Crippen molar-refractivity contribution < 1.29 is 0 Å². The quantitative estimate of drug-likeness (QED) is 0.859. The van der Waals surface area contributed by atoms with E-state index in [9.17, 15) is 0 Å². The molecule has 0 amide bonds. The van der Waals surface area contributed by atoms with Gasteiger partial charge in [-0.05, 0) is 31.9 Å². The third kappa shape index (κ3) is 1.63. The van der Waals surface area contributed by atoms with Crippen molar-refractivity contribution in [2.75, 3.05) is 0 Å². The molecule has 0 aromatic carbocycles. The minimum absolute atomic E-state index is 0.261. The molecule has 4 heteroatoms. The average Bonchev–Trinajstić information content (AvgIpc) is 2.91. The van der Waals surface area contributed by atoms with E-state index in [0.29, 0.717) is 5.92 Å². The first kappa shape index (κ1) is 10.7. The number of imidazole rings is 1.